The van der Waals surface area contributed by atoms with Crippen LogP contribution in [-0.2, 0) is 6.42 Å². The molecule has 6 nitrogen and oxygen atoms in total. The Bertz CT molecular complexity index is 979. The maximum atomic E-state index is 14.5. The molecule has 1 aliphatic rings. The summed E-state index contributed by atoms with van der Waals surface area (Å²) in [7, 11) is 0. The molecule has 0 unspecified atom stereocenters. The molecule has 1 fully saturated rings. The van der Waals surface area contributed by atoms with E-state index in [0.29, 0.717) is 35.4 Å². The van der Waals surface area contributed by atoms with E-state index >= 15 is 0 Å². The first-order valence-corrected chi connectivity index (χ1v) is 8.55. The van der Waals surface area contributed by atoms with Gasteiger partial charge in [-0.25, -0.2) is 4.39 Å². The van der Waals surface area contributed by atoms with Crippen molar-refractivity contribution < 1.29 is 14.3 Å². The number of carbonyl (C=O) groups is 1. The number of rotatable bonds is 4. The normalized spacial score (nSPS) is 14.5. The van der Waals surface area contributed by atoms with E-state index in [1.807, 2.05) is 13.0 Å². The fraction of sp³-hybridized carbons (Fsp3) is 0.263. The molecule has 1 aromatic heterocycles. The van der Waals surface area contributed by atoms with Gasteiger partial charge in [-0.15, -0.1) is 0 Å². The lowest BCUT2D eigenvalue weighted by atomic mass is 10.0. The number of likely N-dealkylation sites (tertiary alicyclic amines) is 1. The smallest absolute Gasteiger partial charge is 0.256 e. The van der Waals surface area contributed by atoms with Crippen LogP contribution in [-0.4, -0.2) is 45.3 Å². The molecule has 0 aliphatic carbocycles. The number of aliphatic hydroxyl groups is 1. The number of amides is 1. The topological polar surface area (TPSA) is 81.3 Å². The molecule has 0 spiro atoms. The second kappa shape index (κ2) is 6.42. The highest BCUT2D eigenvalue weighted by Crippen LogP contribution is 2.32. The van der Waals surface area contributed by atoms with Crippen LogP contribution in [0, 0.1) is 5.82 Å². The first-order valence-electron chi connectivity index (χ1n) is 8.55. The van der Waals surface area contributed by atoms with E-state index in [9.17, 15) is 14.3 Å². The molecule has 1 amide bonds. The number of benzene rings is 2. The van der Waals surface area contributed by atoms with Crippen LogP contribution in [0.15, 0.2) is 36.5 Å². The van der Waals surface area contributed by atoms with Gasteiger partial charge in [0.15, 0.2) is 0 Å². The summed E-state index contributed by atoms with van der Waals surface area (Å²) in [5.41, 5.74) is 2.88. The summed E-state index contributed by atoms with van der Waals surface area (Å²) < 4.78 is 14.5. The standard InChI is InChI=1S/C19H19FN4O2/c1-2-11-3-5-17(15(20)7-11)22-18-13(19(26)24-9-12(25)10-24)4-6-16-14(18)8-21-23-16/h3-8,12,22,25H,2,9-10H2,1H3,(H,21,23). The molecule has 26 heavy (non-hydrogen) atoms. The van der Waals surface area contributed by atoms with Crippen molar-refractivity contribution in [2.24, 2.45) is 0 Å². The molecule has 4 rings (SSSR count). The number of aromatic nitrogens is 2. The van der Waals surface area contributed by atoms with Gasteiger partial charge in [-0.3, -0.25) is 9.89 Å². The molecular formula is C19H19FN4O2. The Morgan fingerprint density at radius 3 is 2.88 bits per heavy atom. The minimum absolute atomic E-state index is 0.202. The zero-order chi connectivity index (χ0) is 18.3. The maximum Gasteiger partial charge on any atom is 0.256 e. The van der Waals surface area contributed by atoms with Crippen LogP contribution >= 0.6 is 0 Å². The third kappa shape index (κ3) is 2.80. The van der Waals surface area contributed by atoms with E-state index < -0.39 is 6.10 Å². The molecule has 3 aromatic rings. The van der Waals surface area contributed by atoms with Crippen LogP contribution < -0.4 is 5.32 Å². The number of nitrogens with one attached hydrogen (secondary N) is 2. The van der Waals surface area contributed by atoms with Gasteiger partial charge in [-0.05, 0) is 36.2 Å². The van der Waals surface area contributed by atoms with Crippen LogP contribution in [0.4, 0.5) is 15.8 Å². The van der Waals surface area contributed by atoms with Crippen LogP contribution in [0.5, 0.6) is 0 Å². The number of hydrogen-bond donors (Lipinski definition) is 3. The van der Waals surface area contributed by atoms with Crippen molar-refractivity contribution in [3.05, 3.63) is 53.5 Å². The minimum Gasteiger partial charge on any atom is -0.389 e. The number of aromatic amines is 1. The highest BCUT2D eigenvalue weighted by atomic mass is 19.1. The van der Waals surface area contributed by atoms with Gasteiger partial charge in [-0.1, -0.05) is 13.0 Å². The fourth-order valence-corrected chi connectivity index (χ4v) is 3.14. The Hall–Kier alpha value is -2.93. The second-order valence-corrected chi connectivity index (χ2v) is 6.48. The largest absolute Gasteiger partial charge is 0.389 e. The number of β-amino-alcohol motifs (C(OH)–C–C–N with tert-alkyl or cyclic N) is 1. The molecule has 1 aliphatic heterocycles. The number of hydrogen-bond acceptors (Lipinski definition) is 4. The number of fused-ring (bicyclic) bond motifs is 1. The highest BCUT2D eigenvalue weighted by Gasteiger charge is 2.31. The molecule has 7 heteroatoms. The molecule has 2 aromatic carbocycles. The highest BCUT2D eigenvalue weighted by molar-refractivity contribution is 6.08. The first kappa shape index (κ1) is 16.5. The summed E-state index contributed by atoms with van der Waals surface area (Å²) in [6.45, 7) is 2.58. The van der Waals surface area contributed by atoms with Gasteiger partial charge >= 0.3 is 0 Å². The minimum atomic E-state index is -0.480. The van der Waals surface area contributed by atoms with E-state index in [2.05, 4.69) is 15.5 Å². The fourth-order valence-electron chi connectivity index (χ4n) is 3.14. The van der Waals surface area contributed by atoms with Crippen molar-refractivity contribution in [2.45, 2.75) is 19.4 Å². The van der Waals surface area contributed by atoms with E-state index in [4.69, 9.17) is 0 Å². The summed E-state index contributed by atoms with van der Waals surface area (Å²) in [6.07, 6.45) is 1.87. The summed E-state index contributed by atoms with van der Waals surface area (Å²) >= 11 is 0. The van der Waals surface area contributed by atoms with E-state index in [1.165, 1.54) is 6.07 Å². The van der Waals surface area contributed by atoms with Crippen molar-refractivity contribution in [3.63, 3.8) is 0 Å². The Morgan fingerprint density at radius 2 is 2.19 bits per heavy atom. The van der Waals surface area contributed by atoms with Crippen molar-refractivity contribution in [3.8, 4) is 0 Å². The van der Waals surface area contributed by atoms with Gasteiger partial charge in [0, 0.05) is 18.5 Å². The van der Waals surface area contributed by atoms with Gasteiger partial charge in [-0.2, -0.15) is 5.10 Å². The molecule has 3 N–H and O–H groups in total. The zero-order valence-corrected chi connectivity index (χ0v) is 14.3. The number of aryl methyl sites for hydroxylation is 1. The number of halogens is 1. The molecule has 2 heterocycles. The van der Waals surface area contributed by atoms with Crippen LogP contribution in [0.2, 0.25) is 0 Å². The molecule has 134 valence electrons. The molecule has 1 saturated heterocycles. The SMILES string of the molecule is CCc1ccc(Nc2c(C(=O)N3CC(O)C3)ccc3[nH]ncc23)c(F)c1. The van der Waals surface area contributed by atoms with Crippen LogP contribution in [0.1, 0.15) is 22.8 Å². The van der Waals surface area contributed by atoms with Gasteiger partial charge in [0.1, 0.15) is 5.82 Å². The molecule has 0 saturated carbocycles. The number of H-pyrrole nitrogens is 1. The van der Waals surface area contributed by atoms with Gasteiger partial charge in [0.25, 0.3) is 5.91 Å². The summed E-state index contributed by atoms with van der Waals surface area (Å²) in [5.74, 6) is -0.575. The lowest BCUT2D eigenvalue weighted by Crippen LogP contribution is -2.53. The maximum absolute atomic E-state index is 14.5. The average molecular weight is 354 g/mol. The average Bonchev–Trinajstić information content (AvgIpc) is 3.09. The summed E-state index contributed by atoms with van der Waals surface area (Å²) in [4.78, 5) is 14.3. The van der Waals surface area contributed by atoms with Crippen molar-refractivity contribution in [1.82, 2.24) is 15.1 Å². The van der Waals surface area contributed by atoms with Gasteiger partial charge in [0.05, 0.1) is 34.8 Å². The number of aliphatic hydroxyl groups excluding tert-OH is 1. The Kier molecular flexibility index (Phi) is 4.08. The predicted molar refractivity (Wildman–Crippen MR) is 97.1 cm³/mol. The number of anilines is 2. The van der Waals surface area contributed by atoms with Crippen molar-refractivity contribution in [1.29, 1.82) is 0 Å². The van der Waals surface area contributed by atoms with Crippen molar-refractivity contribution in [2.75, 3.05) is 18.4 Å². The van der Waals surface area contributed by atoms with Crippen LogP contribution in [0.25, 0.3) is 10.9 Å². The Balaban J connectivity index is 1.76. The molecule has 0 radical (unpaired) electrons. The van der Waals surface area contributed by atoms with E-state index in [1.54, 1.807) is 29.3 Å². The lowest BCUT2D eigenvalue weighted by Gasteiger charge is -2.36. The molecule has 0 bridgehead atoms. The number of nitrogens with zero attached hydrogens (tertiary/aromatic N) is 2. The molecular weight excluding hydrogens is 335 g/mol. The number of carbonyl (C=O) groups excluding carboxylic acids is 1. The lowest BCUT2D eigenvalue weighted by molar-refractivity contribution is 0.00597. The predicted octanol–water partition coefficient (Wildman–Crippen LogP) is 2.82. The second-order valence-electron chi connectivity index (χ2n) is 6.48. The Labute approximate surface area is 149 Å². The molecule has 0 atom stereocenters. The van der Waals surface area contributed by atoms with E-state index in [0.717, 1.165) is 17.5 Å². The Morgan fingerprint density at radius 1 is 1.38 bits per heavy atom. The quantitative estimate of drug-likeness (QED) is 0.673. The van der Waals surface area contributed by atoms with Gasteiger partial charge in [0.2, 0.25) is 0 Å². The summed E-state index contributed by atoms with van der Waals surface area (Å²) in [6, 6.07) is 8.48. The first-order chi connectivity index (χ1) is 12.6. The third-order valence-electron chi connectivity index (χ3n) is 4.71. The van der Waals surface area contributed by atoms with Crippen LogP contribution in [0.3, 0.4) is 0 Å². The van der Waals surface area contributed by atoms with Gasteiger partial charge < -0.3 is 15.3 Å². The third-order valence-corrected chi connectivity index (χ3v) is 4.71. The van der Waals surface area contributed by atoms with E-state index in [-0.39, 0.29) is 11.7 Å². The zero-order valence-electron chi connectivity index (χ0n) is 14.3. The monoisotopic (exact) mass is 354 g/mol. The van der Waals surface area contributed by atoms with Crippen molar-refractivity contribution >= 4 is 28.2 Å². The summed E-state index contributed by atoms with van der Waals surface area (Å²) in [5, 5.41) is 20.1.